The lowest BCUT2D eigenvalue weighted by atomic mass is 9.54. The number of rotatable bonds is 5. The maximum absolute atomic E-state index is 12.9. The lowest BCUT2D eigenvalue weighted by Gasteiger charge is -2.51. The van der Waals surface area contributed by atoms with Gasteiger partial charge >= 0.3 is 11.9 Å². The molecule has 8 nitrogen and oxygen atoms in total. The first kappa shape index (κ1) is 25.7. The van der Waals surface area contributed by atoms with Crippen LogP contribution in [-0.2, 0) is 19.2 Å². The molecule has 2 fully saturated rings. The normalized spacial score (nSPS) is 30.7. The van der Waals surface area contributed by atoms with Crippen LogP contribution in [0.2, 0.25) is 0 Å². The van der Waals surface area contributed by atoms with Crippen molar-refractivity contribution in [1.29, 1.82) is 0 Å². The van der Waals surface area contributed by atoms with Crippen molar-refractivity contribution in [3.63, 3.8) is 0 Å². The predicted molar refractivity (Wildman–Crippen MR) is 140 cm³/mol. The van der Waals surface area contributed by atoms with E-state index in [9.17, 15) is 19.2 Å². The molecule has 39 heavy (non-hydrogen) atoms. The van der Waals surface area contributed by atoms with Crippen LogP contribution in [0.4, 0.5) is 0 Å². The summed E-state index contributed by atoms with van der Waals surface area (Å²) in [6.07, 6.45) is 4.51. The molecule has 8 heteroatoms. The molecule has 1 heterocycles. The third-order valence-electron chi connectivity index (χ3n) is 9.54. The fourth-order valence-electron chi connectivity index (χ4n) is 7.88. The van der Waals surface area contributed by atoms with Gasteiger partial charge in [-0.2, -0.15) is 0 Å². The van der Waals surface area contributed by atoms with Gasteiger partial charge in [0.2, 0.25) is 0 Å². The molecule has 2 aromatic rings. The predicted octanol–water partition coefficient (Wildman–Crippen LogP) is 5.17. The van der Waals surface area contributed by atoms with Crippen molar-refractivity contribution in [2.24, 2.45) is 17.3 Å². The van der Waals surface area contributed by atoms with Crippen molar-refractivity contribution in [3.05, 3.63) is 64.7 Å². The number of benzene rings is 2. The number of esters is 2. The van der Waals surface area contributed by atoms with Gasteiger partial charge < -0.3 is 9.47 Å². The molecule has 6 unspecified atom stereocenters. The Morgan fingerprint density at radius 3 is 2.33 bits per heavy atom. The first-order valence-corrected chi connectivity index (χ1v) is 13.8. The molecule has 0 spiro atoms. The van der Waals surface area contributed by atoms with Crippen LogP contribution < -0.4 is 4.74 Å². The zero-order chi connectivity index (χ0) is 27.5. The third kappa shape index (κ3) is 4.25. The van der Waals surface area contributed by atoms with E-state index in [4.69, 9.17) is 14.3 Å². The van der Waals surface area contributed by atoms with Crippen LogP contribution in [-0.4, -0.2) is 41.5 Å². The summed E-state index contributed by atoms with van der Waals surface area (Å²) in [7, 11) is 0. The van der Waals surface area contributed by atoms with Crippen molar-refractivity contribution >= 4 is 23.8 Å². The van der Waals surface area contributed by atoms with Gasteiger partial charge in [-0.1, -0.05) is 25.1 Å². The van der Waals surface area contributed by atoms with Gasteiger partial charge in [0.05, 0.1) is 17.7 Å². The molecule has 2 saturated carbocycles. The fraction of sp³-hybridized carbons (Fsp3) is 0.484. The van der Waals surface area contributed by atoms with Crippen molar-refractivity contribution in [1.82, 2.24) is 5.06 Å². The Kier molecular flexibility index (Phi) is 6.33. The molecule has 1 aliphatic heterocycles. The van der Waals surface area contributed by atoms with E-state index >= 15 is 0 Å². The molecule has 0 bridgehead atoms. The zero-order valence-corrected chi connectivity index (χ0v) is 22.5. The highest BCUT2D eigenvalue weighted by Crippen LogP contribution is 2.63. The number of imide groups is 1. The Hall–Kier alpha value is -3.52. The Bertz CT molecular complexity index is 1330. The summed E-state index contributed by atoms with van der Waals surface area (Å²) in [6.45, 7) is 5.26. The summed E-state index contributed by atoms with van der Waals surface area (Å²) in [5.41, 5.74) is 2.83. The number of hydrogen-bond acceptors (Lipinski definition) is 7. The Labute approximate surface area is 227 Å². The zero-order valence-electron chi connectivity index (χ0n) is 22.5. The maximum atomic E-state index is 12.9. The van der Waals surface area contributed by atoms with Gasteiger partial charge in [-0.05, 0) is 85.3 Å². The van der Waals surface area contributed by atoms with E-state index in [1.54, 1.807) is 24.3 Å². The number of hydrogen-bond donors (Lipinski definition) is 0. The number of ether oxygens (including phenoxy) is 2. The van der Waals surface area contributed by atoms with Crippen LogP contribution in [0.1, 0.15) is 96.6 Å². The molecule has 6 atom stereocenters. The van der Waals surface area contributed by atoms with Gasteiger partial charge in [-0.3, -0.25) is 24.0 Å². The number of carbonyl (C=O) groups is 4. The lowest BCUT2D eigenvalue weighted by Crippen LogP contribution is -2.46. The largest absolute Gasteiger partial charge is 0.462 e. The second-order valence-corrected chi connectivity index (χ2v) is 11.7. The molecule has 3 aliphatic carbocycles. The van der Waals surface area contributed by atoms with Gasteiger partial charge in [-0.15, -0.1) is 5.06 Å². The van der Waals surface area contributed by atoms with E-state index in [1.807, 2.05) is 12.1 Å². The Balaban J connectivity index is 1.30. The van der Waals surface area contributed by atoms with Gasteiger partial charge in [0.15, 0.2) is 0 Å². The van der Waals surface area contributed by atoms with Crippen molar-refractivity contribution < 1.29 is 33.5 Å². The highest BCUT2D eigenvalue weighted by molar-refractivity contribution is 6.20. The molecule has 204 valence electrons. The van der Waals surface area contributed by atoms with Crippen molar-refractivity contribution in [2.45, 2.75) is 70.8 Å². The lowest BCUT2D eigenvalue weighted by molar-refractivity contribution is -0.155. The number of carbonyl (C=O) groups excluding carboxylic acids is 4. The van der Waals surface area contributed by atoms with Gasteiger partial charge in [0.25, 0.3) is 11.8 Å². The van der Waals surface area contributed by atoms with E-state index in [0.717, 1.165) is 42.7 Å². The van der Waals surface area contributed by atoms with Crippen molar-refractivity contribution in [3.8, 4) is 5.75 Å². The number of amides is 2. The van der Waals surface area contributed by atoms with Crippen LogP contribution in [0.5, 0.6) is 5.75 Å². The quantitative estimate of drug-likeness (QED) is 0.298. The van der Waals surface area contributed by atoms with Gasteiger partial charge in [-0.25, -0.2) is 0 Å². The minimum atomic E-state index is -0.455. The monoisotopic (exact) mass is 531 g/mol. The topological polar surface area (TPSA) is 99.2 Å². The van der Waals surface area contributed by atoms with Gasteiger partial charge in [0, 0.05) is 25.2 Å². The molecular formula is C31H33NO7. The first-order valence-electron chi connectivity index (χ1n) is 13.8. The molecule has 4 aliphatic rings. The standard InChI is InChI=1S/C31H33NO7/c1-17(33)38-20-8-9-21-22-12-13-31(3)27(10-11-28(31)39-18(2)34)26(22)14-19(25(21)15-20)16-37-32-29(35)23-6-4-5-7-24(23)30(32)36/h4-9,15,19,22,26-28H,10-14,16H2,1-3H3. The minimum Gasteiger partial charge on any atom is -0.462 e. The molecule has 0 saturated heterocycles. The summed E-state index contributed by atoms with van der Waals surface area (Å²) in [5, 5.41) is 0.879. The van der Waals surface area contributed by atoms with E-state index in [1.165, 1.54) is 19.4 Å². The van der Waals surface area contributed by atoms with E-state index in [2.05, 4.69) is 13.0 Å². The third-order valence-corrected chi connectivity index (χ3v) is 9.54. The molecular weight excluding hydrogens is 498 g/mol. The molecule has 0 radical (unpaired) electrons. The Morgan fingerprint density at radius 2 is 1.67 bits per heavy atom. The average molecular weight is 532 g/mol. The van der Waals surface area contributed by atoms with Crippen LogP contribution >= 0.6 is 0 Å². The van der Waals surface area contributed by atoms with Crippen LogP contribution in [0.15, 0.2) is 42.5 Å². The van der Waals surface area contributed by atoms with Crippen LogP contribution in [0, 0.1) is 17.3 Å². The summed E-state index contributed by atoms with van der Waals surface area (Å²) in [6, 6.07) is 12.5. The SMILES string of the molecule is CC(=O)Oc1ccc2c(c1)C(CON1C(=O)c3ccccc3C1=O)CC1C2CCC2(C)C(OC(C)=O)CCC12. The highest BCUT2D eigenvalue weighted by atomic mass is 16.7. The summed E-state index contributed by atoms with van der Waals surface area (Å²) in [4.78, 5) is 55.3. The van der Waals surface area contributed by atoms with Crippen molar-refractivity contribution in [2.75, 3.05) is 6.61 Å². The van der Waals surface area contributed by atoms with E-state index in [-0.39, 0.29) is 30.0 Å². The Morgan fingerprint density at radius 1 is 0.949 bits per heavy atom. The molecule has 2 aromatic carbocycles. The number of nitrogens with zero attached hydrogens (tertiary/aromatic N) is 1. The minimum absolute atomic E-state index is 0.0817. The molecule has 0 N–H and O–H groups in total. The summed E-state index contributed by atoms with van der Waals surface area (Å²) < 4.78 is 11.2. The second-order valence-electron chi connectivity index (χ2n) is 11.7. The van der Waals surface area contributed by atoms with Crippen LogP contribution in [0.3, 0.4) is 0 Å². The fourth-order valence-corrected chi connectivity index (χ4v) is 7.88. The highest BCUT2D eigenvalue weighted by Gasteiger charge is 2.57. The molecule has 0 aromatic heterocycles. The maximum Gasteiger partial charge on any atom is 0.308 e. The molecule has 2 amide bonds. The average Bonchev–Trinajstić information content (AvgIpc) is 3.35. The van der Waals surface area contributed by atoms with Gasteiger partial charge in [0.1, 0.15) is 11.9 Å². The number of hydroxylamine groups is 2. The number of fused-ring (bicyclic) bond motifs is 6. The summed E-state index contributed by atoms with van der Waals surface area (Å²) >= 11 is 0. The molecule has 6 rings (SSSR count). The van der Waals surface area contributed by atoms with Crippen LogP contribution in [0.25, 0.3) is 0 Å². The summed E-state index contributed by atoms with van der Waals surface area (Å²) in [5.74, 6) is -0.126. The smallest absolute Gasteiger partial charge is 0.308 e. The second kappa shape index (κ2) is 9.59. The van der Waals surface area contributed by atoms with E-state index in [0.29, 0.717) is 34.6 Å². The first-order chi connectivity index (χ1) is 18.7. The van der Waals surface area contributed by atoms with E-state index < -0.39 is 17.8 Å².